The van der Waals surface area contributed by atoms with Gasteiger partial charge in [-0.2, -0.15) is 0 Å². The number of carbonyl (C=O) groups is 1. The molecule has 0 bridgehead atoms. The van der Waals surface area contributed by atoms with Gasteiger partial charge in [-0.15, -0.1) is 5.10 Å². The van der Waals surface area contributed by atoms with Crippen LogP contribution in [0.3, 0.4) is 0 Å². The molecule has 0 N–H and O–H groups in total. The number of aromatic nitrogens is 4. The fourth-order valence-electron chi connectivity index (χ4n) is 1.79. The van der Waals surface area contributed by atoms with Gasteiger partial charge >= 0.3 is 0 Å². The Bertz CT molecular complexity index is 583. The Morgan fingerprint density at radius 3 is 2.76 bits per heavy atom. The van der Waals surface area contributed by atoms with E-state index in [1.807, 2.05) is 24.3 Å². The van der Waals surface area contributed by atoms with E-state index in [4.69, 9.17) is 4.74 Å². The average molecular weight is 306 g/mol. The summed E-state index contributed by atoms with van der Waals surface area (Å²) >= 11 is 1.57. The minimum absolute atomic E-state index is 0.216. The van der Waals surface area contributed by atoms with Gasteiger partial charge in [0.05, 0.1) is 13.7 Å². The van der Waals surface area contributed by atoms with Crippen molar-refractivity contribution in [3.8, 4) is 5.75 Å². The number of ketones is 1. The molecule has 2 rings (SSSR count). The van der Waals surface area contributed by atoms with Crippen LogP contribution in [-0.2, 0) is 11.3 Å². The van der Waals surface area contributed by atoms with Crippen LogP contribution in [0.4, 0.5) is 0 Å². The number of ether oxygens (including phenoxy) is 1. The number of Topliss-reactive ketones (excluding diaryl/α,β-unsaturated/α-hetero) is 1. The predicted molar refractivity (Wildman–Crippen MR) is 80.6 cm³/mol. The van der Waals surface area contributed by atoms with E-state index in [1.165, 1.54) is 0 Å². The van der Waals surface area contributed by atoms with E-state index in [0.29, 0.717) is 13.0 Å². The molecule has 0 aliphatic carbocycles. The molecule has 0 aliphatic rings. The fourth-order valence-corrected chi connectivity index (χ4v) is 2.60. The summed E-state index contributed by atoms with van der Waals surface area (Å²) in [7, 11) is 1.64. The van der Waals surface area contributed by atoms with Crippen molar-refractivity contribution in [2.45, 2.75) is 31.5 Å². The molecule has 0 spiro atoms. The summed E-state index contributed by atoms with van der Waals surface area (Å²) in [6.07, 6.45) is 1.45. The lowest BCUT2D eigenvalue weighted by molar-refractivity contribution is -0.117. The molecule has 7 heteroatoms. The summed E-state index contributed by atoms with van der Waals surface area (Å²) in [6.45, 7) is 2.23. The number of benzene rings is 1. The SMILES string of the molecule is COc1ccc(Cn2nnnc2SCCCC(C)=O)cc1. The lowest BCUT2D eigenvalue weighted by Crippen LogP contribution is -2.04. The second-order valence-electron chi connectivity index (χ2n) is 4.62. The second kappa shape index (κ2) is 7.78. The van der Waals surface area contributed by atoms with E-state index < -0.39 is 0 Å². The first-order chi connectivity index (χ1) is 10.2. The molecule has 1 aromatic carbocycles. The molecule has 1 heterocycles. The third kappa shape index (κ3) is 4.86. The molecular formula is C14H18N4O2S. The van der Waals surface area contributed by atoms with Crippen molar-refractivity contribution in [1.82, 2.24) is 20.2 Å². The lowest BCUT2D eigenvalue weighted by Gasteiger charge is -2.05. The van der Waals surface area contributed by atoms with Crippen molar-refractivity contribution in [2.24, 2.45) is 0 Å². The van der Waals surface area contributed by atoms with Crippen molar-refractivity contribution in [1.29, 1.82) is 0 Å². The van der Waals surface area contributed by atoms with Crippen molar-refractivity contribution < 1.29 is 9.53 Å². The standard InChI is InChI=1S/C14H18N4O2S/c1-11(19)4-3-9-21-14-15-16-17-18(14)10-12-5-7-13(20-2)8-6-12/h5-8H,3-4,9-10H2,1-2H3. The molecule has 21 heavy (non-hydrogen) atoms. The van der Waals surface area contributed by atoms with Gasteiger partial charge in [0.2, 0.25) is 5.16 Å². The third-order valence-electron chi connectivity index (χ3n) is 2.89. The third-order valence-corrected chi connectivity index (χ3v) is 3.94. The molecule has 6 nitrogen and oxygen atoms in total. The highest BCUT2D eigenvalue weighted by Crippen LogP contribution is 2.18. The molecule has 1 aromatic heterocycles. The Labute approximate surface area is 127 Å². The Morgan fingerprint density at radius 1 is 1.33 bits per heavy atom. The summed E-state index contributed by atoms with van der Waals surface area (Å²) < 4.78 is 6.90. The Balaban J connectivity index is 1.91. The molecule has 0 amide bonds. The monoisotopic (exact) mass is 306 g/mol. The molecule has 0 unspecified atom stereocenters. The van der Waals surface area contributed by atoms with E-state index >= 15 is 0 Å². The first-order valence-corrected chi connectivity index (χ1v) is 7.69. The first-order valence-electron chi connectivity index (χ1n) is 6.70. The molecule has 0 saturated carbocycles. The molecule has 112 valence electrons. The number of hydrogen-bond donors (Lipinski definition) is 0. The predicted octanol–water partition coefficient (Wildman–Crippen LogP) is 2.19. The maximum atomic E-state index is 10.9. The first kappa shape index (κ1) is 15.5. The van der Waals surface area contributed by atoms with Gasteiger partial charge in [0, 0.05) is 12.2 Å². The smallest absolute Gasteiger partial charge is 0.209 e. The van der Waals surface area contributed by atoms with Crippen LogP contribution in [0.5, 0.6) is 5.75 Å². The van der Waals surface area contributed by atoms with Crippen LogP contribution in [0.1, 0.15) is 25.3 Å². The minimum atomic E-state index is 0.216. The number of thioether (sulfide) groups is 1. The van der Waals surface area contributed by atoms with Crippen LogP contribution in [-0.4, -0.2) is 38.9 Å². The number of methoxy groups -OCH3 is 1. The zero-order valence-electron chi connectivity index (χ0n) is 12.2. The fraction of sp³-hybridized carbons (Fsp3) is 0.429. The van der Waals surface area contributed by atoms with Gasteiger partial charge in [0.1, 0.15) is 11.5 Å². The van der Waals surface area contributed by atoms with E-state index in [0.717, 1.165) is 28.6 Å². The summed E-state index contributed by atoms with van der Waals surface area (Å²) in [4.78, 5) is 10.9. The van der Waals surface area contributed by atoms with Crippen molar-refractivity contribution in [3.63, 3.8) is 0 Å². The highest BCUT2D eigenvalue weighted by molar-refractivity contribution is 7.99. The molecule has 0 atom stereocenters. The topological polar surface area (TPSA) is 69.9 Å². The van der Waals surface area contributed by atoms with E-state index in [9.17, 15) is 4.79 Å². The molecule has 0 saturated heterocycles. The summed E-state index contributed by atoms with van der Waals surface area (Å²) in [5.41, 5.74) is 1.11. The number of nitrogens with zero attached hydrogens (tertiary/aromatic N) is 4. The molecule has 0 fully saturated rings. The van der Waals surface area contributed by atoms with Crippen LogP contribution in [0, 0.1) is 0 Å². The number of carbonyl (C=O) groups excluding carboxylic acids is 1. The molecule has 0 aliphatic heterocycles. The van der Waals surface area contributed by atoms with Crippen molar-refractivity contribution in [3.05, 3.63) is 29.8 Å². The Kier molecular flexibility index (Phi) is 5.74. The van der Waals surface area contributed by atoms with Crippen LogP contribution in [0.25, 0.3) is 0 Å². The zero-order valence-corrected chi connectivity index (χ0v) is 13.0. The van der Waals surface area contributed by atoms with Gasteiger partial charge in [0.15, 0.2) is 0 Å². The summed E-state index contributed by atoms with van der Waals surface area (Å²) in [5.74, 6) is 1.88. The van der Waals surface area contributed by atoms with Crippen LogP contribution >= 0.6 is 11.8 Å². The van der Waals surface area contributed by atoms with Gasteiger partial charge in [-0.05, 0) is 41.5 Å². The number of hydrogen-bond acceptors (Lipinski definition) is 6. The highest BCUT2D eigenvalue weighted by atomic mass is 32.2. The Hall–Kier alpha value is -1.89. The van der Waals surface area contributed by atoms with Crippen molar-refractivity contribution in [2.75, 3.05) is 12.9 Å². The largest absolute Gasteiger partial charge is 0.497 e. The molecule has 0 radical (unpaired) electrons. The summed E-state index contributed by atoms with van der Waals surface area (Å²) in [6, 6.07) is 7.81. The molecular weight excluding hydrogens is 288 g/mol. The maximum absolute atomic E-state index is 10.9. The van der Waals surface area contributed by atoms with Gasteiger partial charge in [0.25, 0.3) is 0 Å². The number of rotatable bonds is 8. The van der Waals surface area contributed by atoms with Crippen LogP contribution < -0.4 is 4.74 Å². The van der Waals surface area contributed by atoms with Gasteiger partial charge in [-0.25, -0.2) is 4.68 Å². The average Bonchev–Trinajstić information content (AvgIpc) is 2.91. The van der Waals surface area contributed by atoms with Crippen LogP contribution in [0.2, 0.25) is 0 Å². The van der Waals surface area contributed by atoms with Gasteiger partial charge < -0.3 is 9.53 Å². The minimum Gasteiger partial charge on any atom is -0.497 e. The van der Waals surface area contributed by atoms with E-state index in [1.54, 1.807) is 30.5 Å². The van der Waals surface area contributed by atoms with Crippen molar-refractivity contribution >= 4 is 17.5 Å². The van der Waals surface area contributed by atoms with Gasteiger partial charge in [-0.3, -0.25) is 0 Å². The normalized spacial score (nSPS) is 10.6. The maximum Gasteiger partial charge on any atom is 0.209 e. The Morgan fingerprint density at radius 2 is 2.10 bits per heavy atom. The van der Waals surface area contributed by atoms with Crippen LogP contribution in [0.15, 0.2) is 29.4 Å². The zero-order chi connectivity index (χ0) is 15.1. The molecule has 2 aromatic rings. The second-order valence-corrected chi connectivity index (χ2v) is 5.68. The van der Waals surface area contributed by atoms with E-state index in [2.05, 4.69) is 15.5 Å². The van der Waals surface area contributed by atoms with Gasteiger partial charge in [-0.1, -0.05) is 23.9 Å². The van der Waals surface area contributed by atoms with E-state index in [-0.39, 0.29) is 5.78 Å². The number of tetrazole rings is 1. The highest BCUT2D eigenvalue weighted by Gasteiger charge is 2.07. The quantitative estimate of drug-likeness (QED) is 0.550. The lowest BCUT2D eigenvalue weighted by atomic mass is 10.2. The summed E-state index contributed by atoms with van der Waals surface area (Å²) in [5, 5.41) is 12.5.